The monoisotopic (exact) mass is 208 g/mol. The molecule has 0 aromatic carbocycles. The van der Waals surface area contributed by atoms with Gasteiger partial charge in [0, 0.05) is 11.0 Å². The average Bonchev–Trinajstić information content (AvgIpc) is 3.08. The highest BCUT2D eigenvalue weighted by Crippen LogP contribution is 2.63. The molecule has 3 rings (SSSR count). The summed E-state index contributed by atoms with van der Waals surface area (Å²) in [4.78, 5) is 10.1. The number of aromatic amines is 1. The molecule has 0 bridgehead atoms. The Morgan fingerprint density at radius 3 is 2.53 bits per heavy atom. The van der Waals surface area contributed by atoms with Gasteiger partial charge in [0.2, 0.25) is 0 Å². The van der Waals surface area contributed by atoms with Gasteiger partial charge in [-0.1, -0.05) is 5.10 Å². The van der Waals surface area contributed by atoms with E-state index in [1.807, 2.05) is 0 Å². The van der Waals surface area contributed by atoms with Gasteiger partial charge in [0.1, 0.15) is 0 Å². The quantitative estimate of drug-likeness (QED) is 0.568. The third kappa shape index (κ3) is 1.05. The first-order chi connectivity index (χ1) is 7.07. The number of rotatable bonds is 3. The smallest absolute Gasteiger partial charge is 0.342 e. The molecule has 0 unspecified atom stereocenters. The number of hydrogen-bond acceptors (Lipinski definition) is 4. The van der Waals surface area contributed by atoms with E-state index in [0.717, 1.165) is 31.4 Å². The number of nitro groups is 1. The first-order valence-electron chi connectivity index (χ1n) is 5.07. The third-order valence-corrected chi connectivity index (χ3v) is 3.74. The van der Waals surface area contributed by atoms with Crippen LogP contribution < -0.4 is 5.73 Å². The van der Waals surface area contributed by atoms with E-state index in [4.69, 9.17) is 5.73 Å². The maximum Gasteiger partial charge on any atom is 0.342 e. The highest BCUT2D eigenvalue weighted by atomic mass is 16.6. The van der Waals surface area contributed by atoms with Crippen molar-refractivity contribution in [1.29, 1.82) is 0 Å². The van der Waals surface area contributed by atoms with E-state index in [2.05, 4.69) is 10.2 Å². The SMILES string of the molecule is NC1(C2(c3cc([N+](=O)[O-])[nH]n3)CC2)CC1. The Morgan fingerprint density at radius 1 is 1.47 bits per heavy atom. The Labute approximate surface area is 86.0 Å². The summed E-state index contributed by atoms with van der Waals surface area (Å²) < 4.78 is 0. The van der Waals surface area contributed by atoms with Gasteiger partial charge in [0.05, 0.1) is 11.8 Å². The van der Waals surface area contributed by atoms with E-state index in [9.17, 15) is 10.1 Å². The fourth-order valence-electron chi connectivity index (χ4n) is 2.40. The second-order valence-electron chi connectivity index (χ2n) is 4.63. The minimum absolute atomic E-state index is 0.0412. The normalized spacial score (nSPS) is 24.9. The molecule has 3 N–H and O–H groups in total. The van der Waals surface area contributed by atoms with Crippen molar-refractivity contribution in [2.75, 3.05) is 0 Å². The Morgan fingerprint density at radius 2 is 2.13 bits per heavy atom. The standard InChI is InChI=1S/C9H12N4O2/c10-9(3-4-9)8(1-2-8)6-5-7(12-11-6)13(14)15/h5H,1-4,10H2,(H,11,12). The molecule has 1 aromatic heterocycles. The molecular formula is C9H12N4O2. The van der Waals surface area contributed by atoms with E-state index >= 15 is 0 Å². The lowest BCUT2D eigenvalue weighted by Crippen LogP contribution is -2.37. The minimum Gasteiger partial charge on any atom is -0.358 e. The zero-order chi connectivity index (χ0) is 10.7. The lowest BCUT2D eigenvalue weighted by atomic mass is 9.91. The van der Waals surface area contributed by atoms with Crippen LogP contribution in [0, 0.1) is 10.1 Å². The summed E-state index contributed by atoms with van der Waals surface area (Å²) in [5.74, 6) is -0.0412. The van der Waals surface area contributed by atoms with Crippen LogP contribution in [0.3, 0.4) is 0 Å². The topological polar surface area (TPSA) is 97.8 Å². The fraction of sp³-hybridized carbons (Fsp3) is 0.667. The first-order valence-corrected chi connectivity index (χ1v) is 5.07. The highest BCUT2D eigenvalue weighted by molar-refractivity contribution is 5.39. The van der Waals surface area contributed by atoms with Gasteiger partial charge in [0.25, 0.3) is 0 Å². The summed E-state index contributed by atoms with van der Waals surface area (Å²) in [5, 5.41) is 17.0. The molecule has 0 atom stereocenters. The molecular weight excluding hydrogens is 196 g/mol. The van der Waals surface area contributed by atoms with E-state index in [1.165, 1.54) is 6.07 Å². The number of nitrogens with one attached hydrogen (secondary N) is 1. The molecule has 2 fully saturated rings. The molecule has 2 aliphatic rings. The molecule has 1 aromatic rings. The van der Waals surface area contributed by atoms with Crippen molar-refractivity contribution in [1.82, 2.24) is 10.2 Å². The van der Waals surface area contributed by atoms with Crippen LogP contribution in [-0.2, 0) is 5.41 Å². The predicted octanol–water partition coefficient (Wildman–Crippen LogP) is 0.841. The molecule has 80 valence electrons. The lowest BCUT2D eigenvalue weighted by Gasteiger charge is -2.19. The second kappa shape index (κ2) is 2.38. The summed E-state index contributed by atoms with van der Waals surface area (Å²) in [6.45, 7) is 0. The number of nitrogens with two attached hydrogens (primary N) is 1. The Hall–Kier alpha value is -1.43. The van der Waals surface area contributed by atoms with Gasteiger partial charge >= 0.3 is 5.82 Å². The fourth-order valence-corrected chi connectivity index (χ4v) is 2.40. The van der Waals surface area contributed by atoms with E-state index in [-0.39, 0.29) is 16.8 Å². The van der Waals surface area contributed by atoms with Crippen molar-refractivity contribution in [2.24, 2.45) is 5.73 Å². The molecule has 2 saturated carbocycles. The van der Waals surface area contributed by atoms with Gasteiger partial charge in [0.15, 0.2) is 0 Å². The lowest BCUT2D eigenvalue weighted by molar-refractivity contribution is -0.389. The Kier molecular flexibility index (Phi) is 1.41. The molecule has 6 heteroatoms. The molecule has 0 spiro atoms. The Balaban J connectivity index is 1.96. The molecule has 0 saturated heterocycles. The number of nitrogens with zero attached hydrogens (tertiary/aromatic N) is 2. The van der Waals surface area contributed by atoms with E-state index in [0.29, 0.717) is 0 Å². The van der Waals surface area contributed by atoms with Crippen molar-refractivity contribution in [2.45, 2.75) is 36.6 Å². The van der Waals surface area contributed by atoms with Crippen molar-refractivity contribution < 1.29 is 4.92 Å². The van der Waals surface area contributed by atoms with Crippen molar-refractivity contribution in [3.05, 3.63) is 21.9 Å². The largest absolute Gasteiger partial charge is 0.358 e. The summed E-state index contributed by atoms with van der Waals surface area (Å²) >= 11 is 0. The molecule has 0 aliphatic heterocycles. The first kappa shape index (κ1) is 8.84. The van der Waals surface area contributed by atoms with Gasteiger partial charge in [-0.25, -0.2) is 0 Å². The third-order valence-electron chi connectivity index (χ3n) is 3.74. The highest BCUT2D eigenvalue weighted by Gasteiger charge is 2.65. The number of aromatic nitrogens is 2. The van der Waals surface area contributed by atoms with Gasteiger partial charge in [-0.2, -0.15) is 0 Å². The molecule has 6 nitrogen and oxygen atoms in total. The van der Waals surface area contributed by atoms with Crippen LogP contribution in [0.1, 0.15) is 31.4 Å². The second-order valence-corrected chi connectivity index (χ2v) is 4.63. The summed E-state index contributed by atoms with van der Waals surface area (Å²) in [5.41, 5.74) is 6.74. The van der Waals surface area contributed by atoms with Crippen LogP contribution in [0.5, 0.6) is 0 Å². The summed E-state index contributed by atoms with van der Waals surface area (Å²) in [6, 6.07) is 1.53. The van der Waals surface area contributed by atoms with Crippen LogP contribution in [0.25, 0.3) is 0 Å². The Bertz CT molecular complexity index is 431. The zero-order valence-electron chi connectivity index (χ0n) is 8.19. The maximum atomic E-state index is 10.5. The van der Waals surface area contributed by atoms with Gasteiger partial charge in [-0.15, -0.1) is 5.10 Å². The van der Waals surface area contributed by atoms with Gasteiger partial charge < -0.3 is 15.8 Å². The maximum absolute atomic E-state index is 10.5. The predicted molar refractivity (Wildman–Crippen MR) is 52.3 cm³/mol. The minimum atomic E-state index is -0.456. The van der Waals surface area contributed by atoms with Crippen LogP contribution in [0.15, 0.2) is 6.07 Å². The van der Waals surface area contributed by atoms with Crippen LogP contribution >= 0.6 is 0 Å². The van der Waals surface area contributed by atoms with Crippen LogP contribution in [0.2, 0.25) is 0 Å². The average molecular weight is 208 g/mol. The molecule has 15 heavy (non-hydrogen) atoms. The van der Waals surface area contributed by atoms with Crippen LogP contribution in [-0.4, -0.2) is 20.7 Å². The number of H-pyrrole nitrogens is 1. The summed E-state index contributed by atoms with van der Waals surface area (Å²) in [6.07, 6.45) is 4.03. The van der Waals surface area contributed by atoms with Crippen LogP contribution in [0.4, 0.5) is 5.82 Å². The van der Waals surface area contributed by atoms with E-state index in [1.54, 1.807) is 0 Å². The van der Waals surface area contributed by atoms with E-state index < -0.39 is 4.92 Å². The van der Waals surface area contributed by atoms with Crippen molar-refractivity contribution >= 4 is 5.82 Å². The number of hydrogen-bond donors (Lipinski definition) is 2. The summed E-state index contributed by atoms with van der Waals surface area (Å²) in [7, 11) is 0. The van der Waals surface area contributed by atoms with Gasteiger partial charge in [-0.05, 0) is 30.6 Å². The van der Waals surface area contributed by atoms with Crippen molar-refractivity contribution in [3.63, 3.8) is 0 Å². The zero-order valence-corrected chi connectivity index (χ0v) is 8.19. The molecule has 0 amide bonds. The molecule has 1 heterocycles. The van der Waals surface area contributed by atoms with Crippen molar-refractivity contribution in [3.8, 4) is 0 Å². The molecule has 0 radical (unpaired) electrons. The van der Waals surface area contributed by atoms with Gasteiger partial charge in [-0.3, -0.25) is 0 Å². The molecule has 2 aliphatic carbocycles.